The van der Waals surface area contributed by atoms with Gasteiger partial charge in [0, 0.05) is 22.4 Å². The van der Waals surface area contributed by atoms with E-state index in [1.54, 1.807) is 0 Å². The minimum absolute atomic E-state index is 0.847. The zero-order valence-electron chi connectivity index (χ0n) is 12.5. The van der Waals surface area contributed by atoms with Crippen LogP contribution in [-0.2, 0) is 12.8 Å². The molecule has 1 heterocycles. The Morgan fingerprint density at radius 1 is 0.636 bits per heavy atom. The Kier molecular flexibility index (Phi) is 3.43. The molecule has 2 heteroatoms. The van der Waals surface area contributed by atoms with Gasteiger partial charge in [-0.2, -0.15) is 0 Å². The molecule has 0 saturated heterocycles. The van der Waals surface area contributed by atoms with Crippen molar-refractivity contribution in [2.45, 2.75) is 25.7 Å². The number of fused-ring (bicyclic) bond motifs is 1. The largest absolute Gasteiger partial charge is 0.233 e. The Labute approximate surface area is 130 Å². The SMILES string of the molecule is c1ccc(-c2nc3c(c(-c4ccccc4)n2)CCCC3)cc1. The van der Waals surface area contributed by atoms with Gasteiger partial charge in [0.1, 0.15) is 0 Å². The first-order valence-corrected chi connectivity index (χ1v) is 7.92. The first-order chi connectivity index (χ1) is 10.9. The molecule has 0 atom stereocenters. The van der Waals surface area contributed by atoms with Gasteiger partial charge in [0.15, 0.2) is 5.82 Å². The summed E-state index contributed by atoms with van der Waals surface area (Å²) in [5.41, 5.74) is 5.98. The van der Waals surface area contributed by atoms with Crippen LogP contribution in [0.25, 0.3) is 22.6 Å². The van der Waals surface area contributed by atoms with Gasteiger partial charge in [0.2, 0.25) is 0 Å². The van der Waals surface area contributed by atoms with Crippen molar-refractivity contribution in [2.24, 2.45) is 0 Å². The van der Waals surface area contributed by atoms with Crippen LogP contribution in [0.5, 0.6) is 0 Å². The number of rotatable bonds is 2. The van der Waals surface area contributed by atoms with Crippen molar-refractivity contribution in [3.8, 4) is 22.6 Å². The van der Waals surface area contributed by atoms with Gasteiger partial charge in [-0.15, -0.1) is 0 Å². The second-order valence-electron chi connectivity index (χ2n) is 5.76. The number of aromatic nitrogens is 2. The van der Waals surface area contributed by atoms with Crippen LogP contribution in [0.1, 0.15) is 24.1 Å². The van der Waals surface area contributed by atoms with Gasteiger partial charge in [0.05, 0.1) is 5.69 Å². The minimum Gasteiger partial charge on any atom is -0.233 e. The Morgan fingerprint density at radius 2 is 1.27 bits per heavy atom. The third-order valence-electron chi connectivity index (χ3n) is 4.26. The van der Waals surface area contributed by atoms with Gasteiger partial charge < -0.3 is 0 Å². The molecule has 3 aromatic rings. The number of benzene rings is 2. The molecule has 2 aromatic carbocycles. The number of nitrogens with zero attached hydrogens (tertiary/aromatic N) is 2. The standard InChI is InChI=1S/C20H18N2/c1-3-9-15(10-4-1)19-17-13-7-8-14-18(17)21-20(22-19)16-11-5-2-6-12-16/h1-6,9-12H,7-8,13-14H2. The van der Waals surface area contributed by atoms with E-state index in [-0.39, 0.29) is 0 Å². The van der Waals surface area contributed by atoms with Crippen LogP contribution in [-0.4, -0.2) is 9.97 Å². The van der Waals surface area contributed by atoms with E-state index in [0.717, 1.165) is 29.9 Å². The molecule has 1 aliphatic rings. The first-order valence-electron chi connectivity index (χ1n) is 7.92. The monoisotopic (exact) mass is 286 g/mol. The van der Waals surface area contributed by atoms with E-state index in [9.17, 15) is 0 Å². The number of aryl methyl sites for hydroxylation is 1. The van der Waals surface area contributed by atoms with Crippen LogP contribution in [0.15, 0.2) is 60.7 Å². The van der Waals surface area contributed by atoms with Crippen molar-refractivity contribution >= 4 is 0 Å². The van der Waals surface area contributed by atoms with Crippen molar-refractivity contribution in [3.05, 3.63) is 71.9 Å². The van der Waals surface area contributed by atoms with Gasteiger partial charge in [-0.05, 0) is 25.7 Å². The Morgan fingerprint density at radius 3 is 2.00 bits per heavy atom. The van der Waals surface area contributed by atoms with Crippen molar-refractivity contribution in [2.75, 3.05) is 0 Å². The minimum atomic E-state index is 0.847. The lowest BCUT2D eigenvalue weighted by molar-refractivity contribution is 0.665. The molecule has 0 amide bonds. The van der Waals surface area contributed by atoms with Crippen LogP contribution in [0.3, 0.4) is 0 Å². The lowest BCUT2D eigenvalue weighted by atomic mass is 9.92. The molecule has 108 valence electrons. The molecule has 22 heavy (non-hydrogen) atoms. The molecule has 2 nitrogen and oxygen atoms in total. The van der Waals surface area contributed by atoms with Gasteiger partial charge in [0.25, 0.3) is 0 Å². The van der Waals surface area contributed by atoms with E-state index < -0.39 is 0 Å². The predicted octanol–water partition coefficient (Wildman–Crippen LogP) is 4.69. The van der Waals surface area contributed by atoms with Crippen LogP contribution in [0.2, 0.25) is 0 Å². The third kappa shape index (κ3) is 2.41. The van der Waals surface area contributed by atoms with Gasteiger partial charge in [-0.25, -0.2) is 9.97 Å². The summed E-state index contributed by atoms with van der Waals surface area (Å²) in [5.74, 6) is 0.847. The Hall–Kier alpha value is -2.48. The summed E-state index contributed by atoms with van der Waals surface area (Å²) in [5, 5.41) is 0. The van der Waals surface area contributed by atoms with Crippen molar-refractivity contribution in [1.29, 1.82) is 0 Å². The summed E-state index contributed by atoms with van der Waals surface area (Å²) in [6.45, 7) is 0. The molecule has 0 radical (unpaired) electrons. The molecular formula is C20H18N2. The predicted molar refractivity (Wildman–Crippen MR) is 89.5 cm³/mol. The van der Waals surface area contributed by atoms with Crippen molar-refractivity contribution < 1.29 is 0 Å². The number of hydrogen-bond acceptors (Lipinski definition) is 2. The molecule has 1 aromatic heterocycles. The van der Waals surface area contributed by atoms with Crippen LogP contribution in [0.4, 0.5) is 0 Å². The molecule has 0 saturated carbocycles. The fourth-order valence-corrected chi connectivity index (χ4v) is 3.15. The quantitative estimate of drug-likeness (QED) is 0.683. The zero-order valence-corrected chi connectivity index (χ0v) is 12.5. The highest BCUT2D eigenvalue weighted by Gasteiger charge is 2.19. The molecule has 0 spiro atoms. The maximum atomic E-state index is 4.92. The molecule has 0 aliphatic heterocycles. The summed E-state index contributed by atoms with van der Waals surface area (Å²) in [6.07, 6.45) is 4.62. The highest BCUT2D eigenvalue weighted by molar-refractivity contribution is 5.68. The van der Waals surface area contributed by atoms with Gasteiger partial charge in [-0.3, -0.25) is 0 Å². The molecule has 1 aliphatic carbocycles. The highest BCUT2D eigenvalue weighted by atomic mass is 14.9. The normalized spacial score (nSPS) is 13.6. The first kappa shape index (κ1) is 13.2. The lowest BCUT2D eigenvalue weighted by Gasteiger charge is -2.19. The molecule has 4 rings (SSSR count). The topological polar surface area (TPSA) is 25.8 Å². The van der Waals surface area contributed by atoms with E-state index in [2.05, 4.69) is 42.5 Å². The van der Waals surface area contributed by atoms with E-state index >= 15 is 0 Å². The third-order valence-corrected chi connectivity index (χ3v) is 4.26. The second kappa shape index (κ2) is 5.72. The molecule has 0 fully saturated rings. The van der Waals surface area contributed by atoms with E-state index in [1.165, 1.54) is 29.7 Å². The molecule has 0 unspecified atom stereocenters. The van der Waals surface area contributed by atoms with Crippen molar-refractivity contribution in [1.82, 2.24) is 9.97 Å². The summed E-state index contributed by atoms with van der Waals surface area (Å²) in [7, 11) is 0. The van der Waals surface area contributed by atoms with E-state index in [1.807, 2.05) is 18.2 Å². The van der Waals surface area contributed by atoms with Gasteiger partial charge >= 0.3 is 0 Å². The van der Waals surface area contributed by atoms with Gasteiger partial charge in [-0.1, -0.05) is 60.7 Å². The maximum absolute atomic E-state index is 4.92. The molecular weight excluding hydrogens is 268 g/mol. The average molecular weight is 286 g/mol. The van der Waals surface area contributed by atoms with Crippen LogP contribution < -0.4 is 0 Å². The zero-order chi connectivity index (χ0) is 14.8. The molecule has 0 bridgehead atoms. The van der Waals surface area contributed by atoms with Crippen LogP contribution in [0, 0.1) is 0 Å². The Balaban J connectivity index is 1.92. The van der Waals surface area contributed by atoms with E-state index in [0.29, 0.717) is 0 Å². The van der Waals surface area contributed by atoms with E-state index in [4.69, 9.17) is 9.97 Å². The number of hydrogen-bond donors (Lipinski definition) is 0. The second-order valence-corrected chi connectivity index (χ2v) is 5.76. The Bertz CT molecular complexity index is 780. The summed E-state index contributed by atoms with van der Waals surface area (Å²) >= 11 is 0. The van der Waals surface area contributed by atoms with Crippen LogP contribution >= 0.6 is 0 Å². The summed E-state index contributed by atoms with van der Waals surface area (Å²) in [4.78, 5) is 9.77. The fourth-order valence-electron chi connectivity index (χ4n) is 3.15. The fraction of sp³-hybridized carbons (Fsp3) is 0.200. The smallest absolute Gasteiger partial charge is 0.160 e. The average Bonchev–Trinajstić information content (AvgIpc) is 2.62. The summed E-state index contributed by atoms with van der Waals surface area (Å²) < 4.78 is 0. The highest BCUT2D eigenvalue weighted by Crippen LogP contribution is 2.31. The summed E-state index contributed by atoms with van der Waals surface area (Å²) in [6, 6.07) is 20.8. The molecule has 0 N–H and O–H groups in total. The maximum Gasteiger partial charge on any atom is 0.160 e. The lowest BCUT2D eigenvalue weighted by Crippen LogP contribution is -2.10. The van der Waals surface area contributed by atoms with Crippen molar-refractivity contribution in [3.63, 3.8) is 0 Å².